The summed E-state index contributed by atoms with van der Waals surface area (Å²) in [6.45, 7) is 3.54. The zero-order chi connectivity index (χ0) is 12.3. The van der Waals surface area contributed by atoms with E-state index in [-0.39, 0.29) is 17.6 Å². The molecule has 1 aliphatic heterocycles. The standard InChI is InChI=1S/C13H16FNO2/c1-2-15(12-5-3-4-11(14)8-12)13(16)10-6-7-17-9-10/h3-5,8,10H,2,6-7,9H2,1H3. The summed E-state index contributed by atoms with van der Waals surface area (Å²) in [7, 11) is 0. The van der Waals surface area contributed by atoms with Gasteiger partial charge in [-0.1, -0.05) is 6.07 Å². The maximum Gasteiger partial charge on any atom is 0.232 e. The van der Waals surface area contributed by atoms with Gasteiger partial charge in [-0.25, -0.2) is 4.39 Å². The van der Waals surface area contributed by atoms with Crippen molar-refractivity contribution in [2.24, 2.45) is 5.92 Å². The van der Waals surface area contributed by atoms with Crippen LogP contribution in [0.2, 0.25) is 0 Å². The lowest BCUT2D eigenvalue weighted by Gasteiger charge is -2.23. The van der Waals surface area contributed by atoms with Crippen molar-refractivity contribution >= 4 is 11.6 Å². The largest absolute Gasteiger partial charge is 0.381 e. The Morgan fingerprint density at radius 1 is 1.59 bits per heavy atom. The number of carbonyl (C=O) groups excluding carboxylic acids is 1. The second kappa shape index (κ2) is 5.27. The molecule has 0 saturated carbocycles. The van der Waals surface area contributed by atoms with Crippen molar-refractivity contribution in [1.82, 2.24) is 0 Å². The van der Waals surface area contributed by atoms with Crippen LogP contribution in [0.1, 0.15) is 13.3 Å². The molecular weight excluding hydrogens is 221 g/mol. The lowest BCUT2D eigenvalue weighted by atomic mass is 10.1. The second-order valence-electron chi connectivity index (χ2n) is 4.12. The van der Waals surface area contributed by atoms with Crippen LogP contribution < -0.4 is 4.90 Å². The number of amides is 1. The van der Waals surface area contributed by atoms with Gasteiger partial charge in [0.2, 0.25) is 5.91 Å². The van der Waals surface area contributed by atoms with Crippen LogP contribution in [0, 0.1) is 11.7 Å². The van der Waals surface area contributed by atoms with E-state index in [4.69, 9.17) is 4.74 Å². The van der Waals surface area contributed by atoms with Crippen molar-refractivity contribution in [2.75, 3.05) is 24.7 Å². The molecule has 1 fully saturated rings. The summed E-state index contributed by atoms with van der Waals surface area (Å²) in [5, 5.41) is 0. The Kier molecular flexibility index (Phi) is 3.74. The van der Waals surface area contributed by atoms with E-state index < -0.39 is 0 Å². The van der Waals surface area contributed by atoms with Crippen LogP contribution in [0.3, 0.4) is 0 Å². The van der Waals surface area contributed by atoms with Gasteiger partial charge in [0.15, 0.2) is 0 Å². The van der Waals surface area contributed by atoms with Crippen LogP contribution in [0.25, 0.3) is 0 Å². The number of carbonyl (C=O) groups is 1. The van der Waals surface area contributed by atoms with Gasteiger partial charge in [-0.3, -0.25) is 4.79 Å². The monoisotopic (exact) mass is 237 g/mol. The van der Waals surface area contributed by atoms with E-state index in [1.165, 1.54) is 12.1 Å². The molecule has 1 saturated heterocycles. The molecule has 1 aromatic rings. The van der Waals surface area contributed by atoms with E-state index in [0.717, 1.165) is 6.42 Å². The molecule has 1 aromatic carbocycles. The Morgan fingerprint density at radius 2 is 2.41 bits per heavy atom. The summed E-state index contributed by atoms with van der Waals surface area (Å²) in [4.78, 5) is 13.8. The Labute approximate surface area is 100 Å². The van der Waals surface area contributed by atoms with E-state index in [1.807, 2.05) is 6.92 Å². The number of hydrogen-bond donors (Lipinski definition) is 0. The van der Waals surface area contributed by atoms with Crippen molar-refractivity contribution in [1.29, 1.82) is 0 Å². The van der Waals surface area contributed by atoms with Crippen molar-refractivity contribution in [3.63, 3.8) is 0 Å². The number of ether oxygens (including phenoxy) is 1. The van der Waals surface area contributed by atoms with Crippen LogP contribution >= 0.6 is 0 Å². The topological polar surface area (TPSA) is 29.5 Å². The minimum absolute atomic E-state index is 0.0237. The van der Waals surface area contributed by atoms with E-state index >= 15 is 0 Å². The molecule has 0 aromatic heterocycles. The maximum absolute atomic E-state index is 13.1. The van der Waals surface area contributed by atoms with Gasteiger partial charge in [-0.05, 0) is 31.5 Å². The van der Waals surface area contributed by atoms with Gasteiger partial charge in [-0.15, -0.1) is 0 Å². The van der Waals surface area contributed by atoms with E-state index in [2.05, 4.69) is 0 Å². The zero-order valence-corrected chi connectivity index (χ0v) is 9.86. The summed E-state index contributed by atoms with van der Waals surface area (Å²) in [6.07, 6.45) is 0.755. The van der Waals surface area contributed by atoms with Crippen LogP contribution in [0.4, 0.5) is 10.1 Å². The fourth-order valence-corrected chi connectivity index (χ4v) is 2.06. The smallest absolute Gasteiger partial charge is 0.232 e. The van der Waals surface area contributed by atoms with Gasteiger partial charge in [0, 0.05) is 18.8 Å². The molecule has 17 heavy (non-hydrogen) atoms. The van der Waals surface area contributed by atoms with Gasteiger partial charge in [0.05, 0.1) is 12.5 Å². The number of rotatable bonds is 3. The van der Waals surface area contributed by atoms with E-state index in [1.54, 1.807) is 17.0 Å². The Morgan fingerprint density at radius 3 is 3.00 bits per heavy atom. The van der Waals surface area contributed by atoms with Crippen LogP contribution in [0.5, 0.6) is 0 Å². The molecule has 1 amide bonds. The van der Waals surface area contributed by atoms with Crippen LogP contribution in [-0.4, -0.2) is 25.7 Å². The first-order valence-electron chi connectivity index (χ1n) is 5.87. The molecular formula is C13H16FNO2. The lowest BCUT2D eigenvalue weighted by Crippen LogP contribution is -2.36. The molecule has 0 radical (unpaired) electrons. The molecule has 0 bridgehead atoms. The van der Waals surface area contributed by atoms with Gasteiger partial charge in [0.25, 0.3) is 0 Å². The van der Waals surface area contributed by atoms with E-state index in [9.17, 15) is 9.18 Å². The molecule has 92 valence electrons. The summed E-state index contributed by atoms with van der Waals surface area (Å²) >= 11 is 0. The van der Waals surface area contributed by atoms with Gasteiger partial charge in [0.1, 0.15) is 5.82 Å². The molecule has 0 spiro atoms. The molecule has 0 aliphatic carbocycles. The first-order valence-corrected chi connectivity index (χ1v) is 5.87. The summed E-state index contributed by atoms with van der Waals surface area (Å²) in [5.74, 6) is -0.384. The summed E-state index contributed by atoms with van der Waals surface area (Å²) in [6, 6.07) is 6.13. The predicted molar refractivity (Wildman–Crippen MR) is 63.4 cm³/mol. The van der Waals surface area contributed by atoms with Gasteiger partial charge >= 0.3 is 0 Å². The molecule has 1 unspecified atom stereocenters. The minimum atomic E-state index is -0.323. The Bertz CT molecular complexity index is 402. The second-order valence-corrected chi connectivity index (χ2v) is 4.12. The SMILES string of the molecule is CCN(C(=O)C1CCOC1)c1cccc(F)c1. The number of benzene rings is 1. The van der Waals surface area contributed by atoms with Crippen LogP contribution in [0.15, 0.2) is 24.3 Å². The highest BCUT2D eigenvalue weighted by Gasteiger charge is 2.28. The highest BCUT2D eigenvalue weighted by molar-refractivity contribution is 5.95. The van der Waals surface area contributed by atoms with Crippen molar-refractivity contribution in [2.45, 2.75) is 13.3 Å². The van der Waals surface area contributed by atoms with Crippen molar-refractivity contribution < 1.29 is 13.9 Å². The molecule has 2 rings (SSSR count). The third-order valence-corrected chi connectivity index (χ3v) is 2.98. The fourth-order valence-electron chi connectivity index (χ4n) is 2.06. The summed E-state index contributed by atoms with van der Waals surface area (Å²) in [5.41, 5.74) is 0.615. The first kappa shape index (κ1) is 12.0. The lowest BCUT2D eigenvalue weighted by molar-refractivity contribution is -0.122. The third kappa shape index (κ3) is 2.64. The molecule has 0 N–H and O–H groups in total. The minimum Gasteiger partial charge on any atom is -0.381 e. The fraction of sp³-hybridized carbons (Fsp3) is 0.462. The molecule has 1 heterocycles. The average molecular weight is 237 g/mol. The number of halogens is 1. The maximum atomic E-state index is 13.1. The van der Waals surface area contributed by atoms with Crippen molar-refractivity contribution in [3.05, 3.63) is 30.1 Å². The quantitative estimate of drug-likeness (QED) is 0.806. The van der Waals surface area contributed by atoms with Crippen molar-refractivity contribution in [3.8, 4) is 0 Å². The summed E-state index contributed by atoms with van der Waals surface area (Å²) < 4.78 is 18.4. The molecule has 1 aliphatic rings. The molecule has 3 nitrogen and oxygen atoms in total. The predicted octanol–water partition coefficient (Wildman–Crippen LogP) is 2.22. The number of anilines is 1. The highest BCUT2D eigenvalue weighted by atomic mass is 19.1. The zero-order valence-electron chi connectivity index (χ0n) is 9.86. The molecule has 1 atom stereocenters. The molecule has 4 heteroatoms. The normalized spacial score (nSPS) is 19.3. The van der Waals surface area contributed by atoms with E-state index in [0.29, 0.717) is 25.4 Å². The van der Waals surface area contributed by atoms with Gasteiger partial charge in [-0.2, -0.15) is 0 Å². The van der Waals surface area contributed by atoms with Crippen LogP contribution in [-0.2, 0) is 9.53 Å². The van der Waals surface area contributed by atoms with Gasteiger partial charge < -0.3 is 9.64 Å². The number of nitrogens with zero attached hydrogens (tertiary/aromatic N) is 1. The highest BCUT2D eigenvalue weighted by Crippen LogP contribution is 2.21. The third-order valence-electron chi connectivity index (χ3n) is 2.98. The first-order chi connectivity index (χ1) is 8.22. The number of hydrogen-bond acceptors (Lipinski definition) is 2. The Hall–Kier alpha value is -1.42. The Balaban J connectivity index is 2.17. The average Bonchev–Trinajstić information content (AvgIpc) is 2.83.